The highest BCUT2D eigenvalue weighted by Gasteiger charge is 2.32. The van der Waals surface area contributed by atoms with Gasteiger partial charge in [-0.25, -0.2) is 0 Å². The molecule has 194 valence electrons. The Bertz CT molecular complexity index is 1160. The van der Waals surface area contributed by atoms with E-state index in [2.05, 4.69) is 73.0 Å². The maximum atomic E-state index is 13.0. The Kier molecular flexibility index (Phi) is 8.65. The second kappa shape index (κ2) is 12.1. The van der Waals surface area contributed by atoms with E-state index >= 15 is 0 Å². The molecular formula is C32H38N2O3. The van der Waals surface area contributed by atoms with Gasteiger partial charge in [-0.2, -0.15) is 0 Å². The van der Waals surface area contributed by atoms with E-state index in [-0.39, 0.29) is 18.2 Å². The normalized spacial score (nSPS) is 16.1. The number of nitrogens with one attached hydrogen (secondary N) is 2. The third kappa shape index (κ3) is 7.45. The predicted octanol–water partition coefficient (Wildman–Crippen LogP) is 6.97. The number of rotatable bonds is 10. The smallest absolute Gasteiger partial charge is 0.305 e. The van der Waals surface area contributed by atoms with Crippen molar-refractivity contribution in [2.75, 3.05) is 18.4 Å². The van der Waals surface area contributed by atoms with Gasteiger partial charge in [0, 0.05) is 30.3 Å². The van der Waals surface area contributed by atoms with Crippen LogP contribution in [0.2, 0.25) is 0 Å². The lowest BCUT2D eigenvalue weighted by molar-refractivity contribution is -0.136. The second-order valence-electron chi connectivity index (χ2n) is 11.0. The van der Waals surface area contributed by atoms with Crippen molar-refractivity contribution in [3.63, 3.8) is 0 Å². The zero-order chi connectivity index (χ0) is 26.3. The lowest BCUT2D eigenvalue weighted by Crippen LogP contribution is -2.34. The van der Waals surface area contributed by atoms with E-state index in [0.717, 1.165) is 5.69 Å². The zero-order valence-electron chi connectivity index (χ0n) is 21.9. The molecule has 1 atom stereocenters. The Morgan fingerprint density at radius 2 is 1.51 bits per heavy atom. The minimum atomic E-state index is -0.839. The van der Waals surface area contributed by atoms with E-state index in [9.17, 15) is 9.59 Å². The van der Waals surface area contributed by atoms with Crippen LogP contribution in [0, 0.1) is 11.3 Å². The van der Waals surface area contributed by atoms with Crippen LogP contribution in [-0.2, 0) is 4.79 Å². The number of carboxylic acid groups (broad SMARTS) is 1. The third-order valence-corrected chi connectivity index (χ3v) is 7.70. The summed E-state index contributed by atoms with van der Waals surface area (Å²) in [5.41, 5.74) is 5.49. The first-order valence-corrected chi connectivity index (χ1v) is 13.3. The molecule has 3 aromatic rings. The molecule has 0 aromatic heterocycles. The molecule has 0 bridgehead atoms. The van der Waals surface area contributed by atoms with Crippen molar-refractivity contribution < 1.29 is 14.7 Å². The minimum Gasteiger partial charge on any atom is -0.481 e. The topological polar surface area (TPSA) is 78.4 Å². The molecule has 1 aliphatic carbocycles. The largest absolute Gasteiger partial charge is 0.481 e. The molecule has 0 radical (unpaired) electrons. The van der Waals surface area contributed by atoms with Crippen LogP contribution in [0.5, 0.6) is 0 Å². The first-order valence-electron chi connectivity index (χ1n) is 13.3. The van der Waals surface area contributed by atoms with Crippen LogP contribution in [0.4, 0.5) is 5.69 Å². The number of carbonyl (C=O) groups excluding carboxylic acids is 1. The van der Waals surface area contributed by atoms with E-state index < -0.39 is 5.97 Å². The van der Waals surface area contributed by atoms with Gasteiger partial charge in [-0.15, -0.1) is 0 Å². The molecule has 0 heterocycles. The summed E-state index contributed by atoms with van der Waals surface area (Å²) in [6.45, 7) is 5.67. The number of aliphatic carboxylic acids is 1. The fraction of sp³-hybridized carbons (Fsp3) is 0.375. The van der Waals surface area contributed by atoms with Gasteiger partial charge in [-0.05, 0) is 78.0 Å². The van der Waals surface area contributed by atoms with Crippen LogP contribution in [0.15, 0.2) is 78.9 Å². The number of anilines is 1. The number of carboxylic acids is 1. The van der Waals surface area contributed by atoms with E-state index in [1.54, 1.807) is 12.1 Å². The summed E-state index contributed by atoms with van der Waals surface area (Å²) in [5.74, 6) is -0.119. The van der Waals surface area contributed by atoms with Crippen molar-refractivity contribution in [1.29, 1.82) is 0 Å². The molecule has 3 aromatic carbocycles. The van der Waals surface area contributed by atoms with Gasteiger partial charge in [0.1, 0.15) is 0 Å². The van der Waals surface area contributed by atoms with Crippen LogP contribution < -0.4 is 10.6 Å². The number of hydrogen-bond acceptors (Lipinski definition) is 3. The first-order chi connectivity index (χ1) is 17.8. The van der Waals surface area contributed by atoms with Crippen LogP contribution in [0.1, 0.15) is 67.8 Å². The van der Waals surface area contributed by atoms with Crippen LogP contribution in [0.3, 0.4) is 0 Å². The van der Waals surface area contributed by atoms with Crippen molar-refractivity contribution in [1.82, 2.24) is 5.32 Å². The van der Waals surface area contributed by atoms with Gasteiger partial charge in [0.25, 0.3) is 5.91 Å². The predicted molar refractivity (Wildman–Crippen MR) is 150 cm³/mol. The molecule has 5 heteroatoms. The van der Waals surface area contributed by atoms with Crippen molar-refractivity contribution >= 4 is 17.6 Å². The molecule has 37 heavy (non-hydrogen) atoms. The lowest BCUT2D eigenvalue weighted by Gasteiger charge is -2.38. The van der Waals surface area contributed by atoms with Gasteiger partial charge in [0.15, 0.2) is 0 Å². The van der Waals surface area contributed by atoms with Crippen LogP contribution >= 0.6 is 0 Å². The van der Waals surface area contributed by atoms with E-state index in [1.165, 1.54) is 42.4 Å². The molecule has 1 amide bonds. The van der Waals surface area contributed by atoms with Crippen molar-refractivity contribution in [2.45, 2.75) is 51.9 Å². The van der Waals surface area contributed by atoms with Gasteiger partial charge in [-0.1, -0.05) is 68.4 Å². The molecule has 1 fully saturated rings. The quantitative estimate of drug-likeness (QED) is 0.282. The standard InChI is InChI=1S/C32H38N2O3/c1-32(2)19-16-26(17-20-32)29(25-10-8-24(9-11-25)23-6-4-3-5-7-23)22-34-31(37)27-12-14-28(15-13-27)33-21-18-30(35)36/h3-15,26,29,33H,16-22H2,1-2H3,(H,34,37)(H,35,36)/t29-/m0/s1. The number of hydrogen-bond donors (Lipinski definition) is 3. The summed E-state index contributed by atoms with van der Waals surface area (Å²) in [6.07, 6.45) is 4.81. The molecule has 5 nitrogen and oxygen atoms in total. The molecule has 0 aliphatic heterocycles. The first kappa shape index (κ1) is 26.5. The summed E-state index contributed by atoms with van der Waals surface area (Å²) in [7, 11) is 0. The Morgan fingerprint density at radius 1 is 0.892 bits per heavy atom. The number of amides is 1. The average Bonchev–Trinajstić information content (AvgIpc) is 2.90. The fourth-order valence-corrected chi connectivity index (χ4v) is 5.29. The van der Waals surface area contributed by atoms with Gasteiger partial charge in [0.2, 0.25) is 0 Å². The molecule has 1 aliphatic rings. The molecule has 4 rings (SSSR count). The SMILES string of the molecule is CC1(C)CCC([C@@H](CNC(=O)c2ccc(NCCC(=O)O)cc2)c2ccc(-c3ccccc3)cc2)CC1. The van der Waals surface area contributed by atoms with Crippen molar-refractivity contribution in [3.8, 4) is 11.1 Å². The molecule has 1 saturated carbocycles. The van der Waals surface area contributed by atoms with Crippen LogP contribution in [0.25, 0.3) is 11.1 Å². The fourth-order valence-electron chi connectivity index (χ4n) is 5.29. The van der Waals surface area contributed by atoms with E-state index in [0.29, 0.717) is 30.0 Å². The molecular weight excluding hydrogens is 460 g/mol. The summed E-state index contributed by atoms with van der Waals surface area (Å²) >= 11 is 0. The molecule has 0 unspecified atom stereocenters. The molecule has 0 spiro atoms. The summed E-state index contributed by atoms with van der Waals surface area (Å²) in [6, 6.07) is 26.5. The van der Waals surface area contributed by atoms with E-state index in [1.807, 2.05) is 18.2 Å². The van der Waals surface area contributed by atoms with Gasteiger partial charge >= 0.3 is 5.97 Å². The molecule has 3 N–H and O–H groups in total. The number of carbonyl (C=O) groups is 2. The van der Waals surface area contributed by atoms with Crippen molar-refractivity contribution in [2.24, 2.45) is 11.3 Å². The van der Waals surface area contributed by atoms with Gasteiger partial charge < -0.3 is 15.7 Å². The van der Waals surface area contributed by atoms with Crippen LogP contribution in [-0.4, -0.2) is 30.1 Å². The summed E-state index contributed by atoms with van der Waals surface area (Å²) in [5, 5.41) is 15.1. The highest BCUT2D eigenvalue weighted by atomic mass is 16.4. The Morgan fingerprint density at radius 3 is 2.14 bits per heavy atom. The molecule has 0 saturated heterocycles. The average molecular weight is 499 g/mol. The maximum Gasteiger partial charge on any atom is 0.305 e. The minimum absolute atomic E-state index is 0.0499. The van der Waals surface area contributed by atoms with E-state index in [4.69, 9.17) is 5.11 Å². The number of benzene rings is 3. The summed E-state index contributed by atoms with van der Waals surface area (Å²) < 4.78 is 0. The Hall–Kier alpha value is -3.60. The van der Waals surface area contributed by atoms with Gasteiger partial charge in [-0.3, -0.25) is 9.59 Å². The summed E-state index contributed by atoms with van der Waals surface area (Å²) in [4.78, 5) is 23.7. The highest BCUT2D eigenvalue weighted by molar-refractivity contribution is 5.94. The Balaban J connectivity index is 1.44. The monoisotopic (exact) mass is 498 g/mol. The highest BCUT2D eigenvalue weighted by Crippen LogP contribution is 2.43. The van der Waals surface area contributed by atoms with Gasteiger partial charge in [0.05, 0.1) is 6.42 Å². The lowest BCUT2D eigenvalue weighted by atomic mass is 9.68. The zero-order valence-corrected chi connectivity index (χ0v) is 21.9. The second-order valence-corrected chi connectivity index (χ2v) is 11.0. The Labute approximate surface area is 220 Å². The maximum absolute atomic E-state index is 13.0. The third-order valence-electron chi connectivity index (χ3n) is 7.70. The van der Waals surface area contributed by atoms with Crippen molar-refractivity contribution in [3.05, 3.63) is 90.0 Å².